The fourth-order valence-corrected chi connectivity index (χ4v) is 1.66. The third kappa shape index (κ3) is 2.26. The quantitative estimate of drug-likeness (QED) is 0.746. The molecule has 100 valence electrons. The van der Waals surface area contributed by atoms with Crippen molar-refractivity contribution in [3.05, 3.63) is 37.2 Å². The van der Waals surface area contributed by atoms with Gasteiger partial charge in [0.2, 0.25) is 11.9 Å². The van der Waals surface area contributed by atoms with E-state index in [0.717, 1.165) is 0 Å². The van der Waals surface area contributed by atoms with E-state index in [9.17, 15) is 0 Å². The molecule has 0 saturated heterocycles. The van der Waals surface area contributed by atoms with Crippen LogP contribution >= 0.6 is 0 Å². The Hall–Kier alpha value is -3.03. The Kier molecular flexibility index (Phi) is 2.96. The summed E-state index contributed by atoms with van der Waals surface area (Å²) >= 11 is 0. The molecule has 0 radical (unpaired) electrons. The van der Waals surface area contributed by atoms with E-state index in [-0.39, 0.29) is 5.95 Å². The van der Waals surface area contributed by atoms with Gasteiger partial charge in [0.15, 0.2) is 5.82 Å². The zero-order chi connectivity index (χ0) is 13.9. The molecule has 8 heteroatoms. The Morgan fingerprint density at radius 1 is 1.15 bits per heavy atom. The summed E-state index contributed by atoms with van der Waals surface area (Å²) in [7, 11) is 1.57. The molecule has 20 heavy (non-hydrogen) atoms. The predicted molar refractivity (Wildman–Crippen MR) is 71.1 cm³/mol. The highest BCUT2D eigenvalue weighted by Gasteiger charge is 2.09. The molecule has 3 aromatic rings. The molecule has 0 aromatic carbocycles. The molecular formula is C12H11N7O. The largest absolute Gasteiger partial charge is 0.495 e. The van der Waals surface area contributed by atoms with E-state index < -0.39 is 0 Å². The smallest absolute Gasteiger partial charge is 0.240 e. The zero-order valence-electron chi connectivity index (χ0n) is 10.6. The third-order valence-corrected chi connectivity index (χ3v) is 2.58. The molecule has 0 spiro atoms. The number of pyridine rings is 1. The van der Waals surface area contributed by atoms with Crippen molar-refractivity contribution >= 4 is 5.95 Å². The molecule has 3 aromatic heterocycles. The number of nitrogens with zero attached hydrogens (tertiary/aromatic N) is 6. The van der Waals surface area contributed by atoms with Gasteiger partial charge in [-0.15, -0.1) is 0 Å². The third-order valence-electron chi connectivity index (χ3n) is 2.58. The number of hydrogen-bond donors (Lipinski definition) is 1. The maximum Gasteiger partial charge on any atom is 0.240 e. The first-order chi connectivity index (χ1) is 9.76. The van der Waals surface area contributed by atoms with Gasteiger partial charge >= 0.3 is 0 Å². The molecule has 0 unspecified atom stereocenters. The lowest BCUT2D eigenvalue weighted by molar-refractivity contribution is 0.413. The summed E-state index contributed by atoms with van der Waals surface area (Å²) in [6, 6.07) is 1.78. The van der Waals surface area contributed by atoms with Gasteiger partial charge in [-0.1, -0.05) is 0 Å². The molecule has 0 aliphatic rings. The predicted octanol–water partition coefficient (Wildman–Crippen LogP) is 0.710. The van der Waals surface area contributed by atoms with E-state index in [4.69, 9.17) is 10.5 Å². The van der Waals surface area contributed by atoms with Crippen LogP contribution in [0.2, 0.25) is 0 Å². The van der Waals surface area contributed by atoms with Crippen LogP contribution in [0.3, 0.4) is 0 Å². The van der Waals surface area contributed by atoms with Gasteiger partial charge in [-0.05, 0) is 6.07 Å². The topological polar surface area (TPSA) is 105 Å². The normalized spacial score (nSPS) is 10.4. The maximum absolute atomic E-state index is 5.73. The van der Waals surface area contributed by atoms with Crippen LogP contribution in [0.1, 0.15) is 0 Å². The van der Waals surface area contributed by atoms with E-state index in [1.54, 1.807) is 48.9 Å². The molecule has 0 aliphatic heterocycles. The summed E-state index contributed by atoms with van der Waals surface area (Å²) in [4.78, 5) is 20.5. The van der Waals surface area contributed by atoms with Gasteiger partial charge in [-0.2, -0.15) is 15.0 Å². The Labute approximate surface area is 114 Å². The first kappa shape index (κ1) is 12.0. The molecule has 3 heterocycles. The van der Waals surface area contributed by atoms with Crippen molar-refractivity contribution in [2.75, 3.05) is 12.8 Å². The number of rotatable bonds is 3. The van der Waals surface area contributed by atoms with E-state index in [2.05, 4.69) is 24.9 Å². The van der Waals surface area contributed by atoms with Crippen molar-refractivity contribution in [2.45, 2.75) is 0 Å². The minimum absolute atomic E-state index is 0.126. The van der Waals surface area contributed by atoms with Crippen LogP contribution < -0.4 is 10.5 Å². The lowest BCUT2D eigenvalue weighted by Crippen LogP contribution is -2.06. The van der Waals surface area contributed by atoms with Crippen molar-refractivity contribution in [1.82, 2.24) is 29.5 Å². The minimum atomic E-state index is 0.126. The molecule has 2 N–H and O–H groups in total. The fourth-order valence-electron chi connectivity index (χ4n) is 1.66. The van der Waals surface area contributed by atoms with Crippen LogP contribution in [0.25, 0.3) is 17.3 Å². The second-order valence-electron chi connectivity index (χ2n) is 3.90. The number of imidazole rings is 1. The van der Waals surface area contributed by atoms with Gasteiger partial charge in [0.25, 0.3) is 0 Å². The highest BCUT2D eigenvalue weighted by atomic mass is 16.5. The number of nitrogens with two attached hydrogens (primary N) is 1. The molecule has 0 fully saturated rings. The van der Waals surface area contributed by atoms with E-state index >= 15 is 0 Å². The molecule has 0 bridgehead atoms. The van der Waals surface area contributed by atoms with Crippen LogP contribution in [0.4, 0.5) is 5.95 Å². The highest BCUT2D eigenvalue weighted by molar-refractivity contribution is 5.57. The van der Waals surface area contributed by atoms with E-state index in [1.165, 1.54) is 0 Å². The number of hydrogen-bond acceptors (Lipinski definition) is 7. The van der Waals surface area contributed by atoms with Gasteiger partial charge in [-0.25, -0.2) is 4.98 Å². The number of ether oxygens (including phenoxy) is 1. The van der Waals surface area contributed by atoms with Crippen molar-refractivity contribution < 1.29 is 4.74 Å². The highest BCUT2D eigenvalue weighted by Crippen LogP contribution is 2.20. The number of methoxy groups -OCH3 is 1. The van der Waals surface area contributed by atoms with E-state index in [1.807, 2.05) is 0 Å². The molecule has 3 rings (SSSR count). The first-order valence-corrected chi connectivity index (χ1v) is 5.75. The SMILES string of the molecule is COc1cncc(-c2nc(N)nc(-n3ccnc3)n2)c1. The Morgan fingerprint density at radius 2 is 2.05 bits per heavy atom. The number of aromatic nitrogens is 6. The van der Waals surface area contributed by atoms with Crippen LogP contribution in [0, 0.1) is 0 Å². The lowest BCUT2D eigenvalue weighted by atomic mass is 10.2. The molecule has 0 aliphatic carbocycles. The van der Waals surface area contributed by atoms with Crippen LogP contribution in [0.15, 0.2) is 37.2 Å². The first-order valence-electron chi connectivity index (χ1n) is 5.75. The Morgan fingerprint density at radius 3 is 2.80 bits per heavy atom. The monoisotopic (exact) mass is 269 g/mol. The molecule has 0 saturated carbocycles. The standard InChI is InChI=1S/C12H11N7O/c1-20-9-4-8(5-15-6-9)10-16-11(13)18-12(17-10)19-3-2-14-7-19/h2-7H,1H3,(H2,13,16,17,18). The lowest BCUT2D eigenvalue weighted by Gasteiger charge is -2.06. The molecule has 8 nitrogen and oxygen atoms in total. The summed E-state index contributed by atoms with van der Waals surface area (Å²) in [6.45, 7) is 0. The van der Waals surface area contributed by atoms with Crippen LogP contribution in [-0.4, -0.2) is 36.6 Å². The average molecular weight is 269 g/mol. The maximum atomic E-state index is 5.73. The summed E-state index contributed by atoms with van der Waals surface area (Å²) < 4.78 is 6.78. The summed E-state index contributed by atoms with van der Waals surface area (Å²) in [5, 5.41) is 0. The minimum Gasteiger partial charge on any atom is -0.495 e. The van der Waals surface area contributed by atoms with Gasteiger partial charge in [0.1, 0.15) is 12.1 Å². The van der Waals surface area contributed by atoms with Crippen molar-refractivity contribution in [3.8, 4) is 23.1 Å². The van der Waals surface area contributed by atoms with Gasteiger partial charge in [0.05, 0.1) is 13.3 Å². The van der Waals surface area contributed by atoms with Crippen LogP contribution in [-0.2, 0) is 0 Å². The number of anilines is 1. The van der Waals surface area contributed by atoms with Crippen molar-refractivity contribution in [3.63, 3.8) is 0 Å². The average Bonchev–Trinajstić information content (AvgIpc) is 3.01. The summed E-state index contributed by atoms with van der Waals surface area (Å²) in [6.07, 6.45) is 8.18. The Balaban J connectivity index is 2.09. The molecular weight excluding hydrogens is 258 g/mol. The summed E-state index contributed by atoms with van der Waals surface area (Å²) in [5.41, 5.74) is 6.42. The van der Waals surface area contributed by atoms with Crippen molar-refractivity contribution in [1.29, 1.82) is 0 Å². The molecule has 0 atom stereocenters. The summed E-state index contributed by atoms with van der Waals surface area (Å²) in [5.74, 6) is 1.56. The number of nitrogen functional groups attached to an aromatic ring is 1. The second-order valence-corrected chi connectivity index (χ2v) is 3.90. The second kappa shape index (κ2) is 4.92. The van der Waals surface area contributed by atoms with Crippen LogP contribution in [0.5, 0.6) is 5.75 Å². The van der Waals surface area contributed by atoms with Gasteiger partial charge in [0, 0.05) is 24.2 Å². The van der Waals surface area contributed by atoms with Crippen molar-refractivity contribution in [2.24, 2.45) is 0 Å². The van der Waals surface area contributed by atoms with Gasteiger partial charge in [-0.3, -0.25) is 9.55 Å². The van der Waals surface area contributed by atoms with Gasteiger partial charge < -0.3 is 10.5 Å². The molecule has 0 amide bonds. The van der Waals surface area contributed by atoms with E-state index in [0.29, 0.717) is 23.1 Å². The fraction of sp³-hybridized carbons (Fsp3) is 0.0833. The zero-order valence-corrected chi connectivity index (χ0v) is 10.6. The Bertz CT molecular complexity index is 726.